The van der Waals surface area contributed by atoms with Gasteiger partial charge in [0, 0.05) is 0 Å². The molecular weight excluding hydrogens is 1930 g/mol. The largest absolute Gasteiger partial charge is 1.00 e. The summed E-state index contributed by atoms with van der Waals surface area (Å²) in [5.74, 6) is 0. The van der Waals surface area contributed by atoms with Crippen LogP contribution in [0.3, 0.4) is 0 Å². The van der Waals surface area contributed by atoms with Crippen LogP contribution in [0.2, 0.25) is 0 Å². The Kier molecular flexibility index (Phi) is 2350. The van der Waals surface area contributed by atoms with E-state index in [9.17, 15) is 0 Å². The Morgan fingerprint density at radius 3 is 0.0795 bits per heavy atom. The summed E-state index contributed by atoms with van der Waals surface area (Å²) in [5.41, 5.74) is 0. The zero-order chi connectivity index (χ0) is 28.6. The predicted molar refractivity (Wildman–Crippen MR) is 107 cm³/mol. The van der Waals surface area contributed by atoms with Crippen molar-refractivity contribution in [3.8, 4) is 0 Å². The van der Waals surface area contributed by atoms with Gasteiger partial charge >= 0.3 is 1660 Å². The second kappa shape index (κ2) is 450. The molecule has 0 unspecified atom stereocenters. The summed E-state index contributed by atoms with van der Waals surface area (Å²) in [6, 6.07) is 0. The van der Waals surface area contributed by atoms with E-state index in [2.05, 4.69) is 0 Å². The van der Waals surface area contributed by atoms with Crippen molar-refractivity contribution < 1.29 is 1760 Å². The normalized spacial score (nSPS) is 3.18. The molecule has 208 valence electrons. The maximum Gasteiger partial charge on any atom is 1.00 e. The Hall–Kier alpha value is 56.6. The Balaban J connectivity index is -0.00000000111. The molecule has 0 radical (unpaired) electrons. The van der Waals surface area contributed by atoms with Crippen LogP contribution in [0.1, 0.15) is 0 Å². The van der Waals surface area contributed by atoms with Crippen LogP contribution in [0.15, 0.2) is 0 Å². The first-order chi connectivity index (χ1) is 13.9. The van der Waals surface area contributed by atoms with Crippen molar-refractivity contribution in [3.63, 3.8) is 0 Å². The smallest absolute Gasteiger partial charge is 0.284 e. The minimum atomic E-state index is -2.61. The molecule has 0 spiro atoms. The van der Waals surface area contributed by atoms with Crippen LogP contribution in [-0.4, -0.2) is 107 Å². The zero-order valence-corrected chi connectivity index (χ0v) is 188. The molecule has 0 aromatic heterocycles. The van der Waals surface area contributed by atoms with Crippen LogP contribution in [0.5, 0.6) is 0 Å². The molecule has 0 aliphatic carbocycles. The van der Waals surface area contributed by atoms with Crippen LogP contribution in [-0.2, 0) is 90.9 Å². The molecule has 0 saturated heterocycles. The molecule has 0 bridgehead atoms. The molecule has 0 atom stereocenters. The first-order valence-electron chi connectivity index (χ1n) is 4.25. The van der Waals surface area contributed by atoms with E-state index in [1.54, 1.807) is 0 Å². The topological polar surface area (TPSA) is 460 Å². The van der Waals surface area contributed by atoms with Gasteiger partial charge in [-0.05, 0) is 0 Å². The van der Waals surface area contributed by atoms with Crippen molar-refractivity contribution in [2.24, 2.45) is 0 Å². The quantitative estimate of drug-likeness (QED) is 0.0791. The monoisotopic (exact) mass is 1940 g/mol. The van der Waals surface area contributed by atoms with E-state index in [0.29, 0.717) is 0 Å². The molecule has 24 nitrogen and oxygen atoms in total. The summed E-state index contributed by atoms with van der Waals surface area (Å²) in [6.07, 6.45) is 0. The van der Waals surface area contributed by atoms with E-state index in [-0.39, 0.29) is 1660 Å². The molecule has 0 heterocycles. The van der Waals surface area contributed by atoms with E-state index in [1.807, 2.05) is 0 Å². The molecule has 0 rings (SSSR count). The second-order valence-corrected chi connectivity index (χ2v) is 5.54. The fourth-order valence-electron chi connectivity index (χ4n) is 0. The average Bonchev–Trinajstić information content (AvgIpc) is 2.30. The minimum absolute atomic E-state index is 0. The SMILES string of the molecule is O=S(O)O.O=S(O)O.O=S(O)O.O=S(O)O.O=S(O)O.O=S(O)O.O=S(O)O.O=S(O)O.[Na+].[Na+].[Na+].[Na+].[Na+].[Na+].[Na+].[Na+].[Na+].[Na+].[Na+].[Na+].[Na+].[Na+].[Na+].[Na+].[Na+].[Na+].[Na+].[Na+].[Na+].[Na+].[Na+].[Na+].[Na+].[Na+].[Na+].[Na+].[Na+].[Na+].[Na+].[Na+].[Na+].[Na+].[Na+].[Na+].[Na+].[Na+].[Na+].[Na+].[Na+].[Na+].[Na+].[Na+].[Na+].[Na+].[Na+].[Na+].[Na+].[Na+].[Na+].[Na+].[Na+].[Na+].[Na+].[Na+]. The van der Waals surface area contributed by atoms with E-state index in [0.717, 1.165) is 0 Å². The van der Waals surface area contributed by atoms with Gasteiger partial charge in [0.1, 0.15) is 0 Å². The van der Waals surface area contributed by atoms with Crippen LogP contribution in [0.25, 0.3) is 0 Å². The van der Waals surface area contributed by atoms with E-state index in [4.69, 9.17) is 107 Å². The Labute approximate surface area is 1790 Å². The summed E-state index contributed by atoms with van der Waals surface area (Å²) >= 11 is -20.9. The van der Waals surface area contributed by atoms with Crippen molar-refractivity contribution in [2.75, 3.05) is 0 Å². The molecular formula is H16Na56O24S8+56. The van der Waals surface area contributed by atoms with Crippen molar-refractivity contribution in [1.82, 2.24) is 0 Å². The van der Waals surface area contributed by atoms with Crippen LogP contribution < -0.4 is 1660 Å². The Morgan fingerprint density at radius 1 is 0.0795 bits per heavy atom. The van der Waals surface area contributed by atoms with Crippen LogP contribution >= 0.6 is 0 Å². The van der Waals surface area contributed by atoms with Crippen molar-refractivity contribution in [3.05, 3.63) is 0 Å². The van der Waals surface area contributed by atoms with Crippen molar-refractivity contribution in [2.45, 2.75) is 0 Å². The molecule has 0 fully saturated rings. The Morgan fingerprint density at radius 2 is 0.0795 bits per heavy atom. The molecule has 0 saturated carbocycles. The van der Waals surface area contributed by atoms with Gasteiger partial charge < -0.3 is 0 Å². The maximum atomic E-state index is 8.67. The fraction of sp³-hybridized carbons (Fsp3) is 0. The summed E-state index contributed by atoms with van der Waals surface area (Å²) in [4.78, 5) is 0. The van der Waals surface area contributed by atoms with Gasteiger partial charge in [0.05, 0.1) is 0 Å². The molecule has 0 aliphatic rings. The number of hydrogen-bond acceptors (Lipinski definition) is 8. The van der Waals surface area contributed by atoms with Gasteiger partial charge in [0.15, 0.2) is 0 Å². The fourth-order valence-corrected chi connectivity index (χ4v) is 0. The van der Waals surface area contributed by atoms with Crippen molar-refractivity contribution in [1.29, 1.82) is 0 Å². The third-order valence-corrected chi connectivity index (χ3v) is 0. The molecule has 88 heavy (non-hydrogen) atoms. The summed E-state index contributed by atoms with van der Waals surface area (Å²) in [5, 5.41) is 0. The summed E-state index contributed by atoms with van der Waals surface area (Å²) in [7, 11) is 0. The van der Waals surface area contributed by atoms with Gasteiger partial charge in [-0.2, -0.15) is 33.7 Å². The molecule has 88 heteroatoms. The maximum absolute atomic E-state index is 8.67. The van der Waals surface area contributed by atoms with Gasteiger partial charge in [-0.1, -0.05) is 0 Å². The van der Waals surface area contributed by atoms with Gasteiger partial charge in [0.2, 0.25) is 0 Å². The van der Waals surface area contributed by atoms with Crippen LogP contribution in [0.4, 0.5) is 0 Å². The molecule has 16 N–H and O–H groups in total. The standard InChI is InChI=1S/56Na.8H2O3S/c;;;;;;;;;;;;;;;;;;;;;;;;;;;;;;;;;;;;;;;;;;;;;;;;;;;;;;;;8*1-4(2)3/h;;;;;;;;;;;;;;;;;;;;;;;;;;;;;;;;;;;;;;;;;;;;;;;;;;;;;;;;8*(H2,1,2,3)/q56*+1;;;;;;;;. The third-order valence-electron chi connectivity index (χ3n) is 0. The Bertz CT molecular complexity index is 437. The van der Waals surface area contributed by atoms with Crippen molar-refractivity contribution >= 4 is 90.9 Å². The molecule has 0 aromatic carbocycles. The van der Waals surface area contributed by atoms with Crippen LogP contribution in [0, 0.1) is 0 Å². The van der Waals surface area contributed by atoms with Gasteiger partial charge in [-0.25, -0.2) is 0 Å². The first-order valence-corrected chi connectivity index (χ1v) is 12.8. The second-order valence-electron chi connectivity index (χ2n) is 1.85. The summed E-state index contributed by atoms with van der Waals surface area (Å²) < 4.78 is 183. The zero-order valence-electron chi connectivity index (χ0n) is 69.7. The average molecular weight is 1940 g/mol. The van der Waals surface area contributed by atoms with E-state index < -0.39 is 90.9 Å². The molecule has 0 aromatic rings. The van der Waals surface area contributed by atoms with Gasteiger partial charge in [-0.15, -0.1) is 0 Å². The van der Waals surface area contributed by atoms with E-state index >= 15 is 0 Å². The number of hydrogen-bond donors (Lipinski definition) is 16. The van der Waals surface area contributed by atoms with E-state index in [1.165, 1.54) is 0 Å². The molecule has 0 amide bonds. The molecule has 0 aliphatic heterocycles. The third kappa shape index (κ3) is 893. The summed E-state index contributed by atoms with van der Waals surface area (Å²) in [6.45, 7) is 0. The minimum Gasteiger partial charge on any atom is -0.284 e. The number of rotatable bonds is 0. The van der Waals surface area contributed by atoms with Gasteiger partial charge in [0.25, 0.3) is 90.9 Å². The predicted octanol–water partition coefficient (Wildman–Crippen LogP) is -170. The van der Waals surface area contributed by atoms with Gasteiger partial charge in [-0.3, -0.25) is 72.8 Å². The first kappa shape index (κ1) is 459.